The van der Waals surface area contributed by atoms with Crippen molar-refractivity contribution in [2.24, 2.45) is 0 Å². The first kappa shape index (κ1) is 14.7. The molecule has 0 fully saturated rings. The normalized spacial score (nSPS) is 11.4. The Labute approximate surface area is 109 Å². The summed E-state index contributed by atoms with van der Waals surface area (Å²) in [6.07, 6.45) is 0. The maximum Gasteiger partial charge on any atom is 0.129 e. The fourth-order valence-corrected chi connectivity index (χ4v) is 1.29. The second-order valence-corrected chi connectivity index (χ2v) is 5.55. The molecule has 0 unspecified atom stereocenters. The number of benzene rings is 1. The SMILES string of the molecule is C=C(CNC(C)(C)C)COc1ccc(C)c(F)c1. The number of nitrogens with one attached hydrogen (secondary N) is 1. The molecule has 0 aliphatic heterocycles. The molecule has 0 aliphatic carbocycles. The van der Waals surface area contributed by atoms with Crippen LogP contribution in [0.5, 0.6) is 5.75 Å². The summed E-state index contributed by atoms with van der Waals surface area (Å²) < 4.78 is 18.8. The number of halogens is 1. The van der Waals surface area contributed by atoms with Crippen LogP contribution in [-0.4, -0.2) is 18.7 Å². The molecule has 3 heteroatoms. The van der Waals surface area contributed by atoms with Gasteiger partial charge in [-0.25, -0.2) is 4.39 Å². The minimum atomic E-state index is -0.245. The van der Waals surface area contributed by atoms with Gasteiger partial charge in [-0.1, -0.05) is 12.6 Å². The van der Waals surface area contributed by atoms with Crippen LogP contribution < -0.4 is 10.1 Å². The first-order valence-electron chi connectivity index (χ1n) is 6.08. The summed E-state index contributed by atoms with van der Waals surface area (Å²) in [4.78, 5) is 0. The van der Waals surface area contributed by atoms with E-state index >= 15 is 0 Å². The molecule has 0 spiro atoms. The molecule has 0 atom stereocenters. The maximum atomic E-state index is 13.3. The molecule has 0 radical (unpaired) electrons. The van der Waals surface area contributed by atoms with Crippen LogP contribution in [0.3, 0.4) is 0 Å². The van der Waals surface area contributed by atoms with Crippen molar-refractivity contribution < 1.29 is 9.13 Å². The molecule has 18 heavy (non-hydrogen) atoms. The third-order valence-electron chi connectivity index (χ3n) is 2.45. The third-order valence-corrected chi connectivity index (χ3v) is 2.45. The Bertz CT molecular complexity index is 421. The summed E-state index contributed by atoms with van der Waals surface area (Å²) in [7, 11) is 0. The molecule has 0 amide bonds. The number of hydrogen-bond acceptors (Lipinski definition) is 2. The Morgan fingerprint density at radius 2 is 2.06 bits per heavy atom. The van der Waals surface area contributed by atoms with E-state index in [0.29, 0.717) is 24.5 Å². The van der Waals surface area contributed by atoms with Crippen molar-refractivity contribution in [1.29, 1.82) is 0 Å². The topological polar surface area (TPSA) is 21.3 Å². The van der Waals surface area contributed by atoms with Crippen molar-refractivity contribution >= 4 is 0 Å². The first-order valence-corrected chi connectivity index (χ1v) is 6.08. The zero-order valence-electron chi connectivity index (χ0n) is 11.6. The Morgan fingerprint density at radius 1 is 1.39 bits per heavy atom. The highest BCUT2D eigenvalue weighted by atomic mass is 19.1. The molecule has 1 aromatic rings. The molecule has 1 rings (SSSR count). The van der Waals surface area contributed by atoms with Crippen LogP contribution in [-0.2, 0) is 0 Å². The van der Waals surface area contributed by atoms with Crippen LogP contribution in [0.2, 0.25) is 0 Å². The monoisotopic (exact) mass is 251 g/mol. The Morgan fingerprint density at radius 3 is 2.61 bits per heavy atom. The van der Waals surface area contributed by atoms with Crippen molar-refractivity contribution in [2.75, 3.05) is 13.2 Å². The van der Waals surface area contributed by atoms with Gasteiger partial charge in [-0.3, -0.25) is 0 Å². The molecule has 2 nitrogen and oxygen atoms in total. The molecule has 0 heterocycles. The Kier molecular flexibility index (Phi) is 4.91. The van der Waals surface area contributed by atoms with Gasteiger partial charge in [0.25, 0.3) is 0 Å². The van der Waals surface area contributed by atoms with Gasteiger partial charge in [-0.2, -0.15) is 0 Å². The number of rotatable bonds is 5. The van der Waals surface area contributed by atoms with E-state index in [2.05, 4.69) is 32.7 Å². The zero-order valence-corrected chi connectivity index (χ0v) is 11.6. The van der Waals surface area contributed by atoms with Gasteiger partial charge in [-0.05, 0) is 44.9 Å². The van der Waals surface area contributed by atoms with Crippen molar-refractivity contribution in [3.63, 3.8) is 0 Å². The smallest absolute Gasteiger partial charge is 0.129 e. The lowest BCUT2D eigenvalue weighted by atomic mass is 10.1. The van der Waals surface area contributed by atoms with Crippen LogP contribution >= 0.6 is 0 Å². The van der Waals surface area contributed by atoms with Gasteiger partial charge in [0.15, 0.2) is 0 Å². The molecule has 1 aromatic carbocycles. The molecule has 0 bridgehead atoms. The Balaban J connectivity index is 2.40. The summed E-state index contributed by atoms with van der Waals surface area (Å²) in [5.41, 5.74) is 1.61. The van der Waals surface area contributed by atoms with Gasteiger partial charge in [0.2, 0.25) is 0 Å². The summed E-state index contributed by atoms with van der Waals surface area (Å²) in [5.74, 6) is 0.293. The van der Waals surface area contributed by atoms with Crippen molar-refractivity contribution in [3.8, 4) is 5.75 Å². The fraction of sp³-hybridized carbons (Fsp3) is 0.467. The van der Waals surface area contributed by atoms with Gasteiger partial charge in [0.1, 0.15) is 18.2 Å². The minimum absolute atomic E-state index is 0.0545. The highest BCUT2D eigenvalue weighted by molar-refractivity contribution is 5.28. The van der Waals surface area contributed by atoms with Crippen LogP contribution in [0.15, 0.2) is 30.4 Å². The van der Waals surface area contributed by atoms with Crippen LogP contribution in [0.1, 0.15) is 26.3 Å². The van der Waals surface area contributed by atoms with E-state index in [1.54, 1.807) is 19.1 Å². The third kappa shape index (κ3) is 5.32. The standard InChI is InChI=1S/C15H22FNO/c1-11(9-17-15(3,4)5)10-18-13-7-6-12(2)14(16)8-13/h6-8,17H,1,9-10H2,2-5H3. The van der Waals surface area contributed by atoms with Gasteiger partial charge in [0, 0.05) is 18.2 Å². The number of ether oxygens (including phenoxy) is 1. The highest BCUT2D eigenvalue weighted by Gasteiger charge is 2.09. The predicted molar refractivity (Wildman–Crippen MR) is 73.5 cm³/mol. The van der Waals surface area contributed by atoms with Crippen molar-refractivity contribution in [1.82, 2.24) is 5.32 Å². The van der Waals surface area contributed by atoms with E-state index in [1.807, 2.05) is 0 Å². The van der Waals surface area contributed by atoms with Crippen LogP contribution in [0.25, 0.3) is 0 Å². The fourth-order valence-electron chi connectivity index (χ4n) is 1.29. The van der Waals surface area contributed by atoms with E-state index in [9.17, 15) is 4.39 Å². The molecular formula is C15H22FNO. The minimum Gasteiger partial charge on any atom is -0.489 e. The lowest BCUT2D eigenvalue weighted by molar-refractivity contribution is 0.339. The van der Waals surface area contributed by atoms with Gasteiger partial charge >= 0.3 is 0 Å². The van der Waals surface area contributed by atoms with E-state index < -0.39 is 0 Å². The second-order valence-electron chi connectivity index (χ2n) is 5.55. The molecular weight excluding hydrogens is 229 g/mol. The zero-order chi connectivity index (χ0) is 13.8. The van der Waals surface area contributed by atoms with E-state index in [1.165, 1.54) is 6.07 Å². The summed E-state index contributed by atoms with van der Waals surface area (Å²) in [6, 6.07) is 4.88. The average Bonchev–Trinajstić information content (AvgIpc) is 2.27. The van der Waals surface area contributed by atoms with E-state index in [4.69, 9.17) is 4.74 Å². The summed E-state index contributed by atoms with van der Waals surface area (Å²) >= 11 is 0. The van der Waals surface area contributed by atoms with Gasteiger partial charge in [0.05, 0.1) is 0 Å². The van der Waals surface area contributed by atoms with E-state index in [-0.39, 0.29) is 11.4 Å². The molecule has 0 saturated carbocycles. The molecule has 100 valence electrons. The average molecular weight is 251 g/mol. The molecule has 0 aromatic heterocycles. The van der Waals surface area contributed by atoms with E-state index in [0.717, 1.165) is 5.57 Å². The van der Waals surface area contributed by atoms with Crippen molar-refractivity contribution in [2.45, 2.75) is 33.2 Å². The lowest BCUT2D eigenvalue weighted by Gasteiger charge is -2.21. The van der Waals surface area contributed by atoms with Crippen molar-refractivity contribution in [3.05, 3.63) is 41.7 Å². The molecule has 1 N–H and O–H groups in total. The predicted octanol–water partition coefficient (Wildman–Crippen LogP) is 3.46. The van der Waals surface area contributed by atoms with Crippen LogP contribution in [0.4, 0.5) is 4.39 Å². The Hall–Kier alpha value is -1.35. The molecule has 0 aliphatic rings. The van der Waals surface area contributed by atoms with Gasteiger partial charge < -0.3 is 10.1 Å². The quantitative estimate of drug-likeness (QED) is 0.809. The lowest BCUT2D eigenvalue weighted by Crippen LogP contribution is -2.37. The second kappa shape index (κ2) is 6.01. The summed E-state index contributed by atoms with van der Waals surface area (Å²) in [6.45, 7) is 13.0. The highest BCUT2D eigenvalue weighted by Crippen LogP contribution is 2.16. The number of hydrogen-bond donors (Lipinski definition) is 1. The van der Waals surface area contributed by atoms with Gasteiger partial charge in [-0.15, -0.1) is 0 Å². The molecule has 0 saturated heterocycles. The van der Waals surface area contributed by atoms with Crippen LogP contribution in [0, 0.1) is 12.7 Å². The number of aryl methyl sites for hydroxylation is 1. The first-order chi connectivity index (χ1) is 8.28. The maximum absolute atomic E-state index is 13.3. The largest absolute Gasteiger partial charge is 0.489 e. The summed E-state index contributed by atoms with van der Waals surface area (Å²) in [5, 5.41) is 3.32.